The first-order valence-corrected chi connectivity index (χ1v) is 5.71. The fourth-order valence-electron chi connectivity index (χ4n) is 1.25. The summed E-state index contributed by atoms with van der Waals surface area (Å²) in [7, 11) is 0. The Morgan fingerprint density at radius 3 is 2.69 bits per heavy atom. The van der Waals surface area contributed by atoms with E-state index in [0.717, 1.165) is 18.5 Å². The summed E-state index contributed by atoms with van der Waals surface area (Å²) in [5.74, 6) is -0.0951. The van der Waals surface area contributed by atoms with Gasteiger partial charge in [-0.05, 0) is 25.5 Å². The number of amides is 1. The first-order valence-electron chi connectivity index (χ1n) is 5.71. The van der Waals surface area contributed by atoms with Gasteiger partial charge in [0.1, 0.15) is 6.10 Å². The molecule has 0 heterocycles. The van der Waals surface area contributed by atoms with E-state index >= 15 is 0 Å². The maximum Gasteiger partial charge on any atom is 0.253 e. The van der Waals surface area contributed by atoms with E-state index in [1.54, 1.807) is 6.92 Å². The second kappa shape index (κ2) is 7.01. The molecule has 0 radical (unpaired) electrons. The van der Waals surface area contributed by atoms with Gasteiger partial charge >= 0.3 is 0 Å². The van der Waals surface area contributed by atoms with E-state index in [-0.39, 0.29) is 5.91 Å². The number of para-hydroxylation sites is 1. The Balaban J connectivity index is 2.34. The molecule has 0 saturated heterocycles. The number of anilines is 1. The zero-order valence-corrected chi connectivity index (χ0v) is 9.90. The maximum atomic E-state index is 11.7. The molecule has 0 bridgehead atoms. The minimum atomic E-state index is -0.397. The molecule has 0 aromatic heterocycles. The molecule has 1 amide bonds. The van der Waals surface area contributed by atoms with Crippen molar-refractivity contribution in [2.45, 2.75) is 32.8 Å². The molecule has 0 aliphatic rings. The molecule has 1 aromatic rings. The minimum Gasteiger partial charge on any atom is -0.369 e. The van der Waals surface area contributed by atoms with Crippen molar-refractivity contribution in [3.8, 4) is 0 Å². The monoisotopic (exact) mass is 221 g/mol. The van der Waals surface area contributed by atoms with E-state index < -0.39 is 6.10 Å². The lowest BCUT2D eigenvalue weighted by atomic mass is 10.3. The van der Waals surface area contributed by atoms with Crippen LogP contribution in [0.2, 0.25) is 0 Å². The number of carbonyl (C=O) groups excluding carboxylic acids is 1. The molecule has 1 rings (SSSR count). The van der Waals surface area contributed by atoms with Crippen LogP contribution in [0.1, 0.15) is 26.7 Å². The summed E-state index contributed by atoms with van der Waals surface area (Å²) in [4.78, 5) is 11.7. The molecule has 0 spiro atoms. The highest BCUT2D eigenvalue weighted by molar-refractivity contribution is 5.93. The van der Waals surface area contributed by atoms with Crippen LogP contribution in [0.15, 0.2) is 30.3 Å². The zero-order valence-electron chi connectivity index (χ0n) is 9.90. The summed E-state index contributed by atoms with van der Waals surface area (Å²) < 4.78 is 5.40. The van der Waals surface area contributed by atoms with Gasteiger partial charge in [0, 0.05) is 12.3 Å². The number of ether oxygens (including phenoxy) is 1. The molecule has 88 valence electrons. The third-order valence-electron chi connectivity index (χ3n) is 2.28. The number of hydrogen-bond donors (Lipinski definition) is 1. The van der Waals surface area contributed by atoms with Gasteiger partial charge in [-0.1, -0.05) is 31.5 Å². The van der Waals surface area contributed by atoms with Gasteiger partial charge in [-0.25, -0.2) is 0 Å². The van der Waals surface area contributed by atoms with Crippen molar-refractivity contribution in [3.63, 3.8) is 0 Å². The smallest absolute Gasteiger partial charge is 0.253 e. The van der Waals surface area contributed by atoms with Crippen LogP contribution >= 0.6 is 0 Å². The van der Waals surface area contributed by atoms with Crippen LogP contribution in [-0.4, -0.2) is 18.6 Å². The number of unbranched alkanes of at least 4 members (excludes halogenated alkanes) is 1. The Morgan fingerprint density at radius 1 is 1.38 bits per heavy atom. The van der Waals surface area contributed by atoms with Crippen LogP contribution < -0.4 is 5.32 Å². The lowest BCUT2D eigenvalue weighted by molar-refractivity contribution is -0.126. The molecule has 3 nitrogen and oxygen atoms in total. The van der Waals surface area contributed by atoms with E-state index in [1.807, 2.05) is 30.3 Å². The minimum absolute atomic E-state index is 0.0951. The van der Waals surface area contributed by atoms with Crippen LogP contribution in [0.25, 0.3) is 0 Å². The first kappa shape index (κ1) is 12.7. The van der Waals surface area contributed by atoms with Crippen LogP contribution in [0, 0.1) is 0 Å². The lowest BCUT2D eigenvalue weighted by Gasteiger charge is -2.12. The SMILES string of the molecule is CCCCOC(C)C(=O)Nc1ccccc1. The molecular formula is C13H19NO2. The van der Waals surface area contributed by atoms with Crippen molar-refractivity contribution in [2.75, 3.05) is 11.9 Å². The standard InChI is InChI=1S/C13H19NO2/c1-3-4-10-16-11(2)13(15)14-12-8-6-5-7-9-12/h5-9,11H,3-4,10H2,1-2H3,(H,14,15). The molecule has 0 fully saturated rings. The molecule has 1 aromatic carbocycles. The molecular weight excluding hydrogens is 202 g/mol. The second-order valence-corrected chi connectivity index (χ2v) is 3.72. The van der Waals surface area contributed by atoms with Gasteiger partial charge in [-0.2, -0.15) is 0 Å². The zero-order chi connectivity index (χ0) is 11.8. The van der Waals surface area contributed by atoms with Gasteiger partial charge in [0.2, 0.25) is 0 Å². The Hall–Kier alpha value is -1.35. The molecule has 3 heteroatoms. The van der Waals surface area contributed by atoms with E-state index in [1.165, 1.54) is 0 Å². The van der Waals surface area contributed by atoms with Gasteiger partial charge < -0.3 is 10.1 Å². The molecule has 0 aliphatic carbocycles. The van der Waals surface area contributed by atoms with E-state index in [9.17, 15) is 4.79 Å². The lowest BCUT2D eigenvalue weighted by Crippen LogP contribution is -2.28. The van der Waals surface area contributed by atoms with Crippen molar-refractivity contribution in [3.05, 3.63) is 30.3 Å². The Kier molecular flexibility index (Phi) is 5.57. The van der Waals surface area contributed by atoms with Crippen molar-refractivity contribution in [1.29, 1.82) is 0 Å². The number of benzene rings is 1. The highest BCUT2D eigenvalue weighted by atomic mass is 16.5. The van der Waals surface area contributed by atoms with Crippen molar-refractivity contribution < 1.29 is 9.53 Å². The second-order valence-electron chi connectivity index (χ2n) is 3.72. The largest absolute Gasteiger partial charge is 0.369 e. The van der Waals surface area contributed by atoms with Crippen LogP contribution in [-0.2, 0) is 9.53 Å². The number of rotatable bonds is 6. The molecule has 16 heavy (non-hydrogen) atoms. The van der Waals surface area contributed by atoms with Gasteiger partial charge in [0.05, 0.1) is 0 Å². The first-order chi connectivity index (χ1) is 7.74. The van der Waals surface area contributed by atoms with E-state index in [2.05, 4.69) is 12.2 Å². The normalized spacial score (nSPS) is 12.1. The Morgan fingerprint density at radius 2 is 2.06 bits per heavy atom. The fourth-order valence-corrected chi connectivity index (χ4v) is 1.25. The van der Waals surface area contributed by atoms with E-state index in [4.69, 9.17) is 4.74 Å². The van der Waals surface area contributed by atoms with Crippen LogP contribution in [0.5, 0.6) is 0 Å². The number of hydrogen-bond acceptors (Lipinski definition) is 2. The average Bonchev–Trinajstić information content (AvgIpc) is 2.30. The predicted molar refractivity (Wildman–Crippen MR) is 65.4 cm³/mol. The maximum absolute atomic E-state index is 11.7. The molecule has 1 atom stereocenters. The number of carbonyl (C=O) groups is 1. The Bertz CT molecular complexity index is 311. The predicted octanol–water partition coefficient (Wildman–Crippen LogP) is 2.83. The van der Waals surface area contributed by atoms with Gasteiger partial charge in [0.25, 0.3) is 5.91 Å². The summed E-state index contributed by atoms with van der Waals surface area (Å²) in [6, 6.07) is 9.40. The molecule has 1 N–H and O–H groups in total. The molecule has 1 unspecified atom stereocenters. The van der Waals surface area contributed by atoms with E-state index in [0.29, 0.717) is 6.61 Å². The molecule has 0 aliphatic heterocycles. The summed E-state index contributed by atoms with van der Waals surface area (Å²) in [5, 5.41) is 2.80. The third-order valence-corrected chi connectivity index (χ3v) is 2.28. The molecule has 0 saturated carbocycles. The third kappa shape index (κ3) is 4.45. The highest BCUT2D eigenvalue weighted by Gasteiger charge is 2.12. The van der Waals surface area contributed by atoms with Crippen molar-refractivity contribution in [1.82, 2.24) is 0 Å². The Labute approximate surface area is 96.8 Å². The summed E-state index contributed by atoms with van der Waals surface area (Å²) in [5.41, 5.74) is 0.804. The average molecular weight is 221 g/mol. The van der Waals surface area contributed by atoms with Gasteiger partial charge in [-0.3, -0.25) is 4.79 Å². The van der Waals surface area contributed by atoms with Crippen molar-refractivity contribution in [2.24, 2.45) is 0 Å². The fraction of sp³-hybridized carbons (Fsp3) is 0.462. The van der Waals surface area contributed by atoms with Gasteiger partial charge in [-0.15, -0.1) is 0 Å². The highest BCUT2D eigenvalue weighted by Crippen LogP contribution is 2.06. The number of nitrogens with one attached hydrogen (secondary N) is 1. The van der Waals surface area contributed by atoms with Crippen molar-refractivity contribution >= 4 is 11.6 Å². The van der Waals surface area contributed by atoms with Crippen LogP contribution in [0.4, 0.5) is 5.69 Å². The van der Waals surface area contributed by atoms with Gasteiger partial charge in [0.15, 0.2) is 0 Å². The summed E-state index contributed by atoms with van der Waals surface area (Å²) >= 11 is 0. The quantitative estimate of drug-likeness (QED) is 0.750. The summed E-state index contributed by atoms with van der Waals surface area (Å²) in [6.07, 6.45) is 1.67. The summed E-state index contributed by atoms with van der Waals surface area (Å²) in [6.45, 7) is 4.51. The van der Waals surface area contributed by atoms with Crippen LogP contribution in [0.3, 0.4) is 0 Å². The topological polar surface area (TPSA) is 38.3 Å².